The number of hydrogen-bond donors (Lipinski definition) is 1. The van der Waals surface area contributed by atoms with Crippen molar-refractivity contribution in [2.45, 2.75) is 70.0 Å². The van der Waals surface area contributed by atoms with Crippen LogP contribution >= 0.6 is 11.6 Å². The molecule has 0 radical (unpaired) electrons. The molecule has 1 aliphatic carbocycles. The lowest BCUT2D eigenvalue weighted by Gasteiger charge is -2.17. The molecule has 1 N–H and O–H groups in total. The Bertz CT molecular complexity index is 1120. The van der Waals surface area contributed by atoms with E-state index in [-0.39, 0.29) is 37.9 Å². The van der Waals surface area contributed by atoms with Gasteiger partial charge in [0, 0.05) is 23.8 Å². The maximum atomic E-state index is 12.1. The van der Waals surface area contributed by atoms with Crippen LogP contribution in [-0.4, -0.2) is 65.9 Å². The molecule has 1 saturated carbocycles. The molecular weight excluding hydrogens is 604 g/mol. The molecule has 0 saturated heterocycles. The zero-order valence-electron chi connectivity index (χ0n) is 24.3. The summed E-state index contributed by atoms with van der Waals surface area (Å²) in [6.45, 7) is -0.882. The molecule has 0 bridgehead atoms. The van der Waals surface area contributed by atoms with Crippen molar-refractivity contribution in [1.29, 1.82) is 0 Å². The summed E-state index contributed by atoms with van der Waals surface area (Å²) in [5.41, 5.74) is 0. The molecule has 1 aromatic carbocycles. The van der Waals surface area contributed by atoms with E-state index in [0.717, 1.165) is 19.3 Å². The van der Waals surface area contributed by atoms with Crippen LogP contribution in [0.3, 0.4) is 0 Å². The van der Waals surface area contributed by atoms with E-state index < -0.39 is 41.4 Å². The molecule has 44 heavy (non-hydrogen) atoms. The second kappa shape index (κ2) is 20.9. The molecule has 0 heterocycles. The first-order chi connectivity index (χ1) is 21.1. The van der Waals surface area contributed by atoms with Gasteiger partial charge in [-0.1, -0.05) is 42.0 Å². The number of carbonyl (C=O) groups excluding carboxylic acids is 2. The third kappa shape index (κ3) is 16.1. The molecule has 14 nitrogen and oxygen atoms in total. The summed E-state index contributed by atoms with van der Waals surface area (Å²) in [6, 6.07) is 7.22. The van der Waals surface area contributed by atoms with Crippen LogP contribution in [0, 0.1) is 32.1 Å². The van der Waals surface area contributed by atoms with E-state index in [2.05, 4.69) is 21.8 Å². The molecule has 2 rings (SSSR count). The number of unbranched alkanes of at least 4 members (excludes halogenated alkanes) is 1. The number of allylic oxidation sites excluding steroid dienone is 2. The first kappa shape index (κ1) is 36.3. The Morgan fingerprint density at radius 3 is 2.50 bits per heavy atom. The second-order valence-electron chi connectivity index (χ2n) is 10.1. The zero-order chi connectivity index (χ0) is 32.2. The van der Waals surface area contributed by atoms with Gasteiger partial charge in [-0.2, -0.15) is 0 Å². The van der Waals surface area contributed by atoms with Crippen molar-refractivity contribution >= 4 is 23.5 Å². The first-order valence-corrected chi connectivity index (χ1v) is 14.8. The summed E-state index contributed by atoms with van der Waals surface area (Å²) < 4.78 is 15.8. The minimum atomic E-state index is -1.22. The van der Waals surface area contributed by atoms with Gasteiger partial charge in [0.15, 0.2) is 6.10 Å². The molecule has 0 aromatic heterocycles. The Morgan fingerprint density at radius 2 is 1.75 bits per heavy atom. The average Bonchev–Trinajstić information content (AvgIpc) is 3.32. The predicted molar refractivity (Wildman–Crippen MR) is 156 cm³/mol. The Labute approximate surface area is 260 Å². The zero-order valence-corrected chi connectivity index (χ0v) is 25.1. The van der Waals surface area contributed by atoms with E-state index in [0.29, 0.717) is 42.6 Å². The van der Waals surface area contributed by atoms with Gasteiger partial charge in [0.2, 0.25) is 0 Å². The average molecular weight is 643 g/mol. The fourth-order valence-electron chi connectivity index (χ4n) is 4.57. The van der Waals surface area contributed by atoms with Gasteiger partial charge in [-0.05, 0) is 69.1 Å². The van der Waals surface area contributed by atoms with Crippen molar-refractivity contribution in [1.82, 2.24) is 0 Å². The molecule has 15 heteroatoms. The van der Waals surface area contributed by atoms with E-state index in [1.807, 2.05) is 24.3 Å². The van der Waals surface area contributed by atoms with Crippen LogP contribution in [0.2, 0.25) is 5.02 Å². The van der Waals surface area contributed by atoms with E-state index in [4.69, 9.17) is 25.8 Å². The van der Waals surface area contributed by atoms with Crippen molar-refractivity contribution in [2.24, 2.45) is 11.8 Å². The summed E-state index contributed by atoms with van der Waals surface area (Å²) in [7, 11) is 0. The molecular formula is C29H39ClN2O12. The molecule has 2 unspecified atom stereocenters. The quantitative estimate of drug-likeness (QED) is 0.0598. The lowest BCUT2D eigenvalue weighted by atomic mass is 9.91. The van der Waals surface area contributed by atoms with Crippen LogP contribution < -0.4 is 4.74 Å². The molecule has 1 aliphatic rings. The number of rotatable bonds is 22. The predicted octanol–water partition coefficient (Wildman–Crippen LogP) is 4.82. The van der Waals surface area contributed by atoms with Crippen LogP contribution in [0.15, 0.2) is 48.6 Å². The lowest BCUT2D eigenvalue weighted by molar-refractivity contribution is -0.759. The third-order valence-electron chi connectivity index (χ3n) is 6.70. The normalized spacial score (nSPS) is 18.6. The minimum Gasteiger partial charge on any atom is -0.493 e. The second-order valence-corrected chi connectivity index (χ2v) is 10.5. The summed E-state index contributed by atoms with van der Waals surface area (Å²) in [6.07, 6.45) is 10.7. The molecule has 0 spiro atoms. The van der Waals surface area contributed by atoms with Gasteiger partial charge in [-0.15, -0.1) is 20.2 Å². The molecule has 1 fully saturated rings. The van der Waals surface area contributed by atoms with Crippen molar-refractivity contribution in [3.63, 3.8) is 0 Å². The van der Waals surface area contributed by atoms with Gasteiger partial charge >= 0.3 is 11.9 Å². The Kier molecular flexibility index (Phi) is 17.2. The van der Waals surface area contributed by atoms with E-state index in [1.165, 1.54) is 0 Å². The van der Waals surface area contributed by atoms with Crippen LogP contribution in [0.1, 0.15) is 57.8 Å². The van der Waals surface area contributed by atoms with Crippen molar-refractivity contribution in [3.05, 3.63) is 73.8 Å². The van der Waals surface area contributed by atoms with Crippen molar-refractivity contribution < 1.29 is 48.8 Å². The van der Waals surface area contributed by atoms with Gasteiger partial charge in [0.1, 0.15) is 19.0 Å². The summed E-state index contributed by atoms with van der Waals surface area (Å²) in [5, 5.41) is 29.6. The lowest BCUT2D eigenvalue weighted by Crippen LogP contribution is -2.30. The summed E-state index contributed by atoms with van der Waals surface area (Å²) >= 11 is 5.96. The number of hydrogen-bond acceptors (Lipinski definition) is 12. The van der Waals surface area contributed by atoms with E-state index in [9.17, 15) is 34.9 Å². The maximum absolute atomic E-state index is 12.1. The van der Waals surface area contributed by atoms with Crippen molar-refractivity contribution in [2.75, 3.05) is 26.4 Å². The van der Waals surface area contributed by atoms with E-state index >= 15 is 0 Å². The third-order valence-corrected chi connectivity index (χ3v) is 6.94. The van der Waals surface area contributed by atoms with Gasteiger partial charge in [-0.3, -0.25) is 9.59 Å². The fourth-order valence-corrected chi connectivity index (χ4v) is 4.75. The number of aliphatic hydroxyl groups is 1. The van der Waals surface area contributed by atoms with Crippen LogP contribution in [-0.2, 0) is 28.7 Å². The highest BCUT2D eigenvalue weighted by Crippen LogP contribution is 2.36. The standard InChI is InChI=1S/C29H39ClN2O12/c30-23-10-7-11-24(19-23)40-17-6-5-12-26-22(15-16-27(26)33)9-3-1-2-4-13-28(34)41-20-25(21-43-32(38)39)44-29(35)14-8-18-42-31(36)37/h1,3,5,7,10-12,19,22,25-27,33H,2,4,6,8-9,13-18,20-21H2/b3-1-,12-5+/t22-,25?,26?,27+/m0/s1. The number of aliphatic hydroxyl groups excluding tert-OH is 1. The molecule has 244 valence electrons. The highest BCUT2D eigenvalue weighted by molar-refractivity contribution is 6.30. The van der Waals surface area contributed by atoms with Gasteiger partial charge in [0.25, 0.3) is 10.2 Å². The summed E-state index contributed by atoms with van der Waals surface area (Å²) in [5.74, 6) is -0.268. The number of benzene rings is 1. The monoisotopic (exact) mass is 642 g/mol. The Hall–Kier alpha value is -3.91. The van der Waals surface area contributed by atoms with Crippen LogP contribution in [0.25, 0.3) is 0 Å². The molecule has 4 atom stereocenters. The SMILES string of the molecule is O=C(CCC/C=C\C[C@H]1CC[C@@H](O)C1/C=C/CCOc1cccc(Cl)c1)OCC(CO[N+](=O)[O-])OC(=O)CCCO[N+](=O)[O-]. The maximum Gasteiger partial charge on any atom is 0.306 e. The smallest absolute Gasteiger partial charge is 0.306 e. The first-order valence-electron chi connectivity index (χ1n) is 14.4. The van der Waals surface area contributed by atoms with Crippen LogP contribution in [0.5, 0.6) is 5.75 Å². The molecule has 1 aromatic rings. The van der Waals surface area contributed by atoms with Gasteiger partial charge in [0.05, 0.1) is 19.3 Å². The highest BCUT2D eigenvalue weighted by atomic mass is 35.5. The molecule has 0 amide bonds. The fraction of sp³-hybridized carbons (Fsp3) is 0.586. The summed E-state index contributed by atoms with van der Waals surface area (Å²) in [4.78, 5) is 53.0. The largest absolute Gasteiger partial charge is 0.493 e. The number of ether oxygens (including phenoxy) is 3. The number of nitrogens with zero attached hydrogens (tertiary/aromatic N) is 2. The van der Waals surface area contributed by atoms with E-state index in [1.54, 1.807) is 12.1 Å². The Morgan fingerprint density at radius 1 is 0.977 bits per heavy atom. The highest BCUT2D eigenvalue weighted by Gasteiger charge is 2.32. The topological polar surface area (TPSA) is 187 Å². The van der Waals surface area contributed by atoms with Crippen molar-refractivity contribution in [3.8, 4) is 5.75 Å². The number of carbonyl (C=O) groups is 2. The minimum absolute atomic E-state index is 0.00436. The Balaban J connectivity index is 1.64. The number of halogens is 1. The van der Waals surface area contributed by atoms with Crippen LogP contribution in [0.4, 0.5) is 0 Å². The van der Waals surface area contributed by atoms with Gasteiger partial charge in [-0.25, -0.2) is 0 Å². The molecule has 0 aliphatic heterocycles. The van der Waals surface area contributed by atoms with Gasteiger partial charge < -0.3 is 29.0 Å². The number of esters is 2.